The summed E-state index contributed by atoms with van der Waals surface area (Å²) in [5.74, 6) is -0.327. The predicted molar refractivity (Wildman–Crippen MR) is 115 cm³/mol. The van der Waals surface area contributed by atoms with E-state index in [-0.39, 0.29) is 31.0 Å². The van der Waals surface area contributed by atoms with Gasteiger partial charge in [-0.05, 0) is 35.9 Å². The molecule has 0 aliphatic heterocycles. The number of carbonyl (C=O) groups is 1. The van der Waals surface area contributed by atoms with Gasteiger partial charge in [-0.3, -0.25) is 9.78 Å². The Hall–Kier alpha value is -4.07. The Bertz CT molecular complexity index is 1260. The minimum absolute atomic E-state index is 0.137. The van der Waals surface area contributed by atoms with Gasteiger partial charge in [0.25, 0.3) is 5.56 Å². The fourth-order valence-corrected chi connectivity index (χ4v) is 3.20. The van der Waals surface area contributed by atoms with Crippen molar-refractivity contribution in [3.63, 3.8) is 0 Å². The minimum Gasteiger partial charge on any atom is -0.334 e. The van der Waals surface area contributed by atoms with Gasteiger partial charge in [0.05, 0.1) is 29.9 Å². The zero-order valence-electron chi connectivity index (χ0n) is 16.6. The van der Waals surface area contributed by atoms with E-state index >= 15 is 0 Å². The third-order valence-electron chi connectivity index (χ3n) is 4.76. The standard InChI is InChI=1S/C23H20FN5O2/c24-17-10-8-16(9-11-17)13-26-23(31)27-14-21-19-6-1-2-7-20(19)22(30)29(28-21)15-18-5-3-4-12-25-18/h1-12H,13-15H2,(H2,26,27,31). The number of nitrogens with one attached hydrogen (secondary N) is 2. The molecule has 0 radical (unpaired) electrons. The number of carbonyl (C=O) groups excluding carboxylic acids is 1. The number of nitrogens with zero attached hydrogens (tertiary/aromatic N) is 3. The molecular formula is C23H20FN5O2. The number of urea groups is 1. The third kappa shape index (κ3) is 4.92. The van der Waals surface area contributed by atoms with Crippen LogP contribution in [-0.4, -0.2) is 20.8 Å². The molecule has 0 atom stereocenters. The van der Waals surface area contributed by atoms with Crippen molar-refractivity contribution < 1.29 is 9.18 Å². The van der Waals surface area contributed by atoms with E-state index < -0.39 is 6.03 Å². The van der Waals surface area contributed by atoms with Gasteiger partial charge in [-0.15, -0.1) is 0 Å². The van der Waals surface area contributed by atoms with E-state index in [1.54, 1.807) is 36.5 Å². The molecule has 0 saturated carbocycles. The Balaban J connectivity index is 1.51. The van der Waals surface area contributed by atoms with E-state index in [1.807, 2.05) is 24.3 Å². The number of amides is 2. The molecule has 4 rings (SSSR count). The number of pyridine rings is 1. The zero-order valence-corrected chi connectivity index (χ0v) is 16.6. The maximum absolute atomic E-state index is 13.0. The first kappa shape index (κ1) is 20.2. The second-order valence-electron chi connectivity index (χ2n) is 6.94. The quantitative estimate of drug-likeness (QED) is 0.505. The normalized spacial score (nSPS) is 10.7. The Labute approximate surface area is 177 Å². The van der Waals surface area contributed by atoms with Gasteiger partial charge in [0, 0.05) is 18.1 Å². The minimum atomic E-state index is -0.391. The Morgan fingerprint density at radius 2 is 1.61 bits per heavy atom. The van der Waals surface area contributed by atoms with Crippen LogP contribution in [0, 0.1) is 5.82 Å². The van der Waals surface area contributed by atoms with E-state index in [1.165, 1.54) is 16.8 Å². The van der Waals surface area contributed by atoms with Gasteiger partial charge in [0.1, 0.15) is 5.82 Å². The highest BCUT2D eigenvalue weighted by atomic mass is 19.1. The molecule has 4 aromatic rings. The summed E-state index contributed by atoms with van der Waals surface area (Å²) in [6.07, 6.45) is 1.66. The van der Waals surface area contributed by atoms with Crippen LogP contribution in [-0.2, 0) is 19.6 Å². The molecule has 0 aliphatic rings. The van der Waals surface area contributed by atoms with E-state index in [0.29, 0.717) is 22.2 Å². The topological polar surface area (TPSA) is 88.9 Å². The Morgan fingerprint density at radius 3 is 2.35 bits per heavy atom. The van der Waals surface area contributed by atoms with Crippen LogP contribution in [0.25, 0.3) is 10.8 Å². The van der Waals surface area contributed by atoms with Gasteiger partial charge in [0.2, 0.25) is 0 Å². The molecule has 2 aromatic heterocycles. The van der Waals surface area contributed by atoms with Crippen LogP contribution < -0.4 is 16.2 Å². The van der Waals surface area contributed by atoms with Crippen LogP contribution in [0.5, 0.6) is 0 Å². The van der Waals surface area contributed by atoms with Crippen molar-refractivity contribution in [1.29, 1.82) is 0 Å². The smallest absolute Gasteiger partial charge is 0.315 e. The summed E-state index contributed by atoms with van der Waals surface area (Å²) < 4.78 is 14.3. The largest absolute Gasteiger partial charge is 0.334 e. The molecule has 8 heteroatoms. The summed E-state index contributed by atoms with van der Waals surface area (Å²) in [5.41, 5.74) is 1.85. The Kier molecular flexibility index (Phi) is 5.98. The predicted octanol–water partition coefficient (Wildman–Crippen LogP) is 2.98. The third-order valence-corrected chi connectivity index (χ3v) is 4.76. The van der Waals surface area contributed by atoms with E-state index in [0.717, 1.165) is 5.56 Å². The van der Waals surface area contributed by atoms with Crippen molar-refractivity contribution in [2.45, 2.75) is 19.6 Å². The maximum atomic E-state index is 13.0. The molecule has 156 valence electrons. The molecule has 7 nitrogen and oxygen atoms in total. The van der Waals surface area contributed by atoms with E-state index in [2.05, 4.69) is 20.7 Å². The van der Waals surface area contributed by atoms with Crippen LogP contribution in [0.4, 0.5) is 9.18 Å². The van der Waals surface area contributed by atoms with Gasteiger partial charge < -0.3 is 10.6 Å². The molecule has 2 amide bonds. The number of hydrogen-bond donors (Lipinski definition) is 2. The summed E-state index contributed by atoms with van der Waals surface area (Å²) in [5, 5.41) is 11.2. The van der Waals surface area contributed by atoms with Crippen LogP contribution in [0.2, 0.25) is 0 Å². The molecule has 2 N–H and O–H groups in total. The first-order valence-corrected chi connectivity index (χ1v) is 9.75. The summed E-state index contributed by atoms with van der Waals surface area (Å²) in [7, 11) is 0. The lowest BCUT2D eigenvalue weighted by molar-refractivity contribution is 0.240. The lowest BCUT2D eigenvalue weighted by atomic mass is 10.1. The number of benzene rings is 2. The number of aromatic nitrogens is 3. The van der Waals surface area contributed by atoms with Crippen LogP contribution in [0.15, 0.2) is 77.7 Å². The average molecular weight is 417 g/mol. The van der Waals surface area contributed by atoms with Crippen LogP contribution in [0.1, 0.15) is 17.0 Å². The highest BCUT2D eigenvalue weighted by molar-refractivity contribution is 5.84. The monoisotopic (exact) mass is 417 g/mol. The van der Waals surface area contributed by atoms with Gasteiger partial charge in [0.15, 0.2) is 0 Å². The Morgan fingerprint density at radius 1 is 0.903 bits per heavy atom. The number of hydrogen-bond acceptors (Lipinski definition) is 4. The first-order valence-electron chi connectivity index (χ1n) is 9.75. The maximum Gasteiger partial charge on any atom is 0.315 e. The molecule has 0 fully saturated rings. The van der Waals surface area contributed by atoms with Crippen molar-refractivity contribution in [1.82, 2.24) is 25.4 Å². The summed E-state index contributed by atoms with van der Waals surface area (Å²) in [6.45, 7) is 0.631. The summed E-state index contributed by atoms with van der Waals surface area (Å²) in [4.78, 5) is 29.3. The van der Waals surface area contributed by atoms with Crippen molar-refractivity contribution >= 4 is 16.8 Å². The van der Waals surface area contributed by atoms with Gasteiger partial charge in [-0.1, -0.05) is 36.4 Å². The molecule has 0 spiro atoms. The molecule has 0 bridgehead atoms. The highest BCUT2D eigenvalue weighted by Gasteiger charge is 2.12. The molecule has 0 aliphatic carbocycles. The van der Waals surface area contributed by atoms with Crippen LogP contribution >= 0.6 is 0 Å². The zero-order chi connectivity index (χ0) is 21.6. The molecule has 0 unspecified atom stereocenters. The van der Waals surface area contributed by atoms with E-state index in [9.17, 15) is 14.0 Å². The molecular weight excluding hydrogens is 397 g/mol. The van der Waals surface area contributed by atoms with Gasteiger partial charge >= 0.3 is 6.03 Å². The van der Waals surface area contributed by atoms with Crippen molar-refractivity contribution in [2.24, 2.45) is 0 Å². The molecule has 0 saturated heterocycles. The van der Waals surface area contributed by atoms with Gasteiger partial charge in [-0.2, -0.15) is 5.10 Å². The fraction of sp³-hybridized carbons (Fsp3) is 0.130. The SMILES string of the molecule is O=C(NCc1ccc(F)cc1)NCc1nn(Cc2ccccn2)c(=O)c2ccccc12. The summed E-state index contributed by atoms with van der Waals surface area (Å²) >= 11 is 0. The van der Waals surface area contributed by atoms with Crippen LogP contribution in [0.3, 0.4) is 0 Å². The number of rotatable bonds is 6. The number of fused-ring (bicyclic) bond motifs is 1. The average Bonchev–Trinajstić information content (AvgIpc) is 2.80. The van der Waals surface area contributed by atoms with E-state index in [4.69, 9.17) is 0 Å². The van der Waals surface area contributed by atoms with Gasteiger partial charge in [-0.25, -0.2) is 13.9 Å². The molecule has 2 heterocycles. The summed E-state index contributed by atoms with van der Waals surface area (Å²) in [6, 6.07) is 18.2. The molecule has 2 aromatic carbocycles. The van der Waals surface area contributed by atoms with Crippen molar-refractivity contribution in [2.75, 3.05) is 0 Å². The molecule has 31 heavy (non-hydrogen) atoms. The number of halogens is 1. The lowest BCUT2D eigenvalue weighted by Gasteiger charge is -2.12. The first-order chi connectivity index (χ1) is 15.1. The van der Waals surface area contributed by atoms with Crippen molar-refractivity contribution in [3.8, 4) is 0 Å². The highest BCUT2D eigenvalue weighted by Crippen LogP contribution is 2.13. The second kappa shape index (κ2) is 9.17. The lowest BCUT2D eigenvalue weighted by Crippen LogP contribution is -2.35. The second-order valence-corrected chi connectivity index (χ2v) is 6.94. The van der Waals surface area contributed by atoms with Crippen molar-refractivity contribution in [3.05, 3.63) is 106 Å². The fourth-order valence-electron chi connectivity index (χ4n) is 3.20.